The molecule has 19 heavy (non-hydrogen) atoms. The summed E-state index contributed by atoms with van der Waals surface area (Å²) >= 11 is 3.50. The van der Waals surface area contributed by atoms with Crippen LogP contribution >= 0.6 is 23.5 Å². The lowest BCUT2D eigenvalue weighted by Gasteiger charge is -2.06. The number of aliphatic hydroxyl groups is 1. The predicted octanol–water partition coefficient (Wildman–Crippen LogP) is 2.40. The fraction of sp³-hybridized carbons (Fsp3) is 0.500. The first-order valence-electron chi connectivity index (χ1n) is 6.32. The molecular formula is C14H21NO2S2. The van der Waals surface area contributed by atoms with E-state index in [1.807, 2.05) is 24.3 Å². The molecule has 0 aliphatic heterocycles. The normalized spacial score (nSPS) is 10.4. The summed E-state index contributed by atoms with van der Waals surface area (Å²) in [6, 6.07) is 7.76. The summed E-state index contributed by atoms with van der Waals surface area (Å²) in [5.41, 5.74) is 1.91. The summed E-state index contributed by atoms with van der Waals surface area (Å²) in [5, 5.41) is 11.6. The lowest BCUT2D eigenvalue weighted by atomic mass is 10.1. The van der Waals surface area contributed by atoms with Gasteiger partial charge in [-0.1, -0.05) is 12.1 Å². The van der Waals surface area contributed by atoms with Gasteiger partial charge in [-0.15, -0.1) is 0 Å². The zero-order chi connectivity index (χ0) is 13.9. The van der Waals surface area contributed by atoms with Gasteiger partial charge in [0.05, 0.1) is 0 Å². The minimum Gasteiger partial charge on any atom is -0.396 e. The summed E-state index contributed by atoms with van der Waals surface area (Å²) in [7, 11) is 0. The van der Waals surface area contributed by atoms with Crippen molar-refractivity contribution in [3.8, 4) is 0 Å². The van der Waals surface area contributed by atoms with Gasteiger partial charge >= 0.3 is 0 Å². The van der Waals surface area contributed by atoms with Gasteiger partial charge in [0, 0.05) is 30.2 Å². The predicted molar refractivity (Wildman–Crippen MR) is 85.0 cm³/mol. The Morgan fingerprint density at radius 1 is 1.37 bits per heavy atom. The Balaban J connectivity index is 2.30. The molecule has 0 radical (unpaired) electrons. The Morgan fingerprint density at radius 2 is 2.21 bits per heavy atom. The molecule has 0 saturated heterocycles. The van der Waals surface area contributed by atoms with Crippen LogP contribution in [0.5, 0.6) is 0 Å². The van der Waals surface area contributed by atoms with Crippen LogP contribution in [0.15, 0.2) is 24.3 Å². The maximum Gasteiger partial charge on any atom is 0.251 e. The molecule has 0 aliphatic carbocycles. The van der Waals surface area contributed by atoms with Gasteiger partial charge in [-0.3, -0.25) is 4.79 Å². The molecule has 1 aromatic rings. The van der Waals surface area contributed by atoms with Crippen LogP contribution in [0.3, 0.4) is 0 Å². The van der Waals surface area contributed by atoms with Gasteiger partial charge in [0.1, 0.15) is 0 Å². The molecule has 0 fully saturated rings. The van der Waals surface area contributed by atoms with E-state index in [9.17, 15) is 4.79 Å². The average molecular weight is 299 g/mol. The Hall–Kier alpha value is -0.650. The second-order valence-electron chi connectivity index (χ2n) is 4.08. The van der Waals surface area contributed by atoms with Crippen LogP contribution in [0.25, 0.3) is 0 Å². The molecule has 5 heteroatoms. The average Bonchev–Trinajstić information content (AvgIpc) is 2.43. The van der Waals surface area contributed by atoms with E-state index in [0.29, 0.717) is 6.54 Å². The molecular weight excluding hydrogens is 278 g/mol. The number of benzene rings is 1. The van der Waals surface area contributed by atoms with Crippen LogP contribution in [0.1, 0.15) is 22.3 Å². The van der Waals surface area contributed by atoms with E-state index in [1.165, 1.54) is 5.56 Å². The van der Waals surface area contributed by atoms with Crippen molar-refractivity contribution in [3.63, 3.8) is 0 Å². The Bertz CT molecular complexity index is 385. The molecule has 106 valence electrons. The summed E-state index contributed by atoms with van der Waals surface area (Å²) in [6.45, 7) is 0.906. The van der Waals surface area contributed by atoms with Crippen LogP contribution in [-0.4, -0.2) is 41.9 Å². The van der Waals surface area contributed by atoms with E-state index in [0.717, 1.165) is 29.2 Å². The van der Waals surface area contributed by atoms with Gasteiger partial charge in [0.2, 0.25) is 0 Å². The van der Waals surface area contributed by atoms with Crippen molar-refractivity contribution in [2.24, 2.45) is 0 Å². The Morgan fingerprint density at radius 3 is 2.95 bits per heavy atom. The van der Waals surface area contributed by atoms with Crippen molar-refractivity contribution >= 4 is 29.4 Å². The number of rotatable bonds is 9. The molecule has 1 aromatic carbocycles. The third kappa shape index (κ3) is 6.89. The molecule has 0 heterocycles. The van der Waals surface area contributed by atoms with Gasteiger partial charge < -0.3 is 10.4 Å². The molecule has 0 aliphatic rings. The largest absolute Gasteiger partial charge is 0.396 e. The highest BCUT2D eigenvalue weighted by atomic mass is 32.2. The lowest BCUT2D eigenvalue weighted by Crippen LogP contribution is -2.25. The van der Waals surface area contributed by atoms with E-state index < -0.39 is 0 Å². The number of aliphatic hydroxyl groups excluding tert-OH is 1. The molecule has 1 amide bonds. The summed E-state index contributed by atoms with van der Waals surface area (Å²) in [6.07, 6.45) is 2.87. The van der Waals surface area contributed by atoms with Crippen LogP contribution in [-0.2, 0) is 5.75 Å². The minimum atomic E-state index is -0.00860. The van der Waals surface area contributed by atoms with Crippen molar-refractivity contribution in [2.75, 3.05) is 30.9 Å². The number of hydrogen-bond donors (Lipinski definition) is 2. The lowest BCUT2D eigenvalue weighted by molar-refractivity contribution is 0.0956. The maximum absolute atomic E-state index is 11.9. The number of nitrogens with one attached hydrogen (secondary N) is 1. The number of carbonyl (C=O) groups is 1. The van der Waals surface area contributed by atoms with E-state index in [4.69, 9.17) is 5.11 Å². The van der Waals surface area contributed by atoms with Crippen LogP contribution in [0, 0.1) is 0 Å². The maximum atomic E-state index is 11.9. The fourth-order valence-electron chi connectivity index (χ4n) is 1.58. The molecule has 0 atom stereocenters. The van der Waals surface area contributed by atoms with Crippen molar-refractivity contribution in [1.29, 1.82) is 0 Å². The highest BCUT2D eigenvalue weighted by Crippen LogP contribution is 2.11. The third-order valence-electron chi connectivity index (χ3n) is 2.48. The van der Waals surface area contributed by atoms with Gasteiger partial charge in [0.15, 0.2) is 0 Å². The quantitative estimate of drug-likeness (QED) is 0.688. The number of thioether (sulfide) groups is 2. The zero-order valence-corrected chi connectivity index (χ0v) is 12.9. The highest BCUT2D eigenvalue weighted by molar-refractivity contribution is 7.99. The zero-order valence-electron chi connectivity index (χ0n) is 11.2. The number of hydrogen-bond acceptors (Lipinski definition) is 4. The SMILES string of the molecule is CSCc1cccc(C(=O)NCCSCCCO)c1. The van der Waals surface area contributed by atoms with Crippen molar-refractivity contribution in [3.05, 3.63) is 35.4 Å². The molecule has 0 saturated carbocycles. The molecule has 2 N–H and O–H groups in total. The van der Waals surface area contributed by atoms with E-state index in [1.54, 1.807) is 23.5 Å². The summed E-state index contributed by atoms with van der Waals surface area (Å²) in [4.78, 5) is 11.9. The fourth-order valence-corrected chi connectivity index (χ4v) is 2.87. The van der Waals surface area contributed by atoms with Gasteiger partial charge in [-0.2, -0.15) is 23.5 Å². The van der Waals surface area contributed by atoms with E-state index >= 15 is 0 Å². The summed E-state index contributed by atoms with van der Waals surface area (Å²) < 4.78 is 0. The molecule has 0 bridgehead atoms. The van der Waals surface area contributed by atoms with Crippen LogP contribution in [0.2, 0.25) is 0 Å². The van der Waals surface area contributed by atoms with Gasteiger partial charge in [-0.05, 0) is 36.1 Å². The Kier molecular flexibility index (Phi) is 8.79. The first kappa shape index (κ1) is 16.4. The van der Waals surface area contributed by atoms with Crippen LogP contribution < -0.4 is 5.32 Å². The monoisotopic (exact) mass is 299 g/mol. The number of carbonyl (C=O) groups excluding carboxylic acids is 1. The van der Waals surface area contributed by atoms with Gasteiger partial charge in [-0.25, -0.2) is 0 Å². The number of amides is 1. The molecule has 3 nitrogen and oxygen atoms in total. The van der Waals surface area contributed by atoms with Crippen molar-refractivity contribution in [2.45, 2.75) is 12.2 Å². The van der Waals surface area contributed by atoms with E-state index in [-0.39, 0.29) is 12.5 Å². The molecule has 0 unspecified atom stereocenters. The van der Waals surface area contributed by atoms with Crippen LogP contribution in [0.4, 0.5) is 0 Å². The standard InChI is InChI=1S/C14H21NO2S2/c1-18-11-12-4-2-5-13(10-12)14(17)15-6-9-19-8-3-7-16/h2,4-5,10,16H,3,6-9,11H2,1H3,(H,15,17). The Labute approximate surface area is 123 Å². The van der Waals surface area contributed by atoms with Gasteiger partial charge in [0.25, 0.3) is 5.91 Å². The first-order chi connectivity index (χ1) is 9.27. The first-order valence-corrected chi connectivity index (χ1v) is 8.87. The van der Waals surface area contributed by atoms with Crippen molar-refractivity contribution < 1.29 is 9.90 Å². The third-order valence-corrected chi connectivity index (χ3v) is 4.17. The summed E-state index contributed by atoms with van der Waals surface area (Å²) in [5.74, 6) is 2.75. The van der Waals surface area contributed by atoms with E-state index in [2.05, 4.69) is 11.6 Å². The second kappa shape index (κ2) is 10.2. The second-order valence-corrected chi connectivity index (χ2v) is 6.17. The van der Waals surface area contributed by atoms with Crippen molar-refractivity contribution in [1.82, 2.24) is 5.32 Å². The molecule has 0 aromatic heterocycles. The minimum absolute atomic E-state index is 0.00860. The smallest absolute Gasteiger partial charge is 0.251 e. The molecule has 0 spiro atoms. The highest BCUT2D eigenvalue weighted by Gasteiger charge is 2.05. The topological polar surface area (TPSA) is 49.3 Å². The molecule has 1 rings (SSSR count).